The Kier molecular flexibility index (Phi) is 1.78. The van der Waals surface area contributed by atoms with Crippen LogP contribution in [-0.2, 0) is 0 Å². The van der Waals surface area contributed by atoms with Gasteiger partial charge in [0.25, 0.3) is 0 Å². The highest BCUT2D eigenvalue weighted by Gasteiger charge is 2.03. The summed E-state index contributed by atoms with van der Waals surface area (Å²) < 4.78 is 0. The molecule has 0 atom stereocenters. The van der Waals surface area contributed by atoms with Crippen LogP contribution < -0.4 is 16.8 Å². The minimum Gasteiger partial charge on any atom is -0.398 e. The normalized spacial score (nSPS) is 10.3. The van der Waals surface area contributed by atoms with E-state index in [9.17, 15) is 4.79 Å². The summed E-state index contributed by atoms with van der Waals surface area (Å²) in [6.45, 7) is 0. The molecule has 72 valence electrons. The van der Waals surface area contributed by atoms with E-state index in [1.807, 2.05) is 12.1 Å². The highest BCUT2D eigenvalue weighted by Crippen LogP contribution is 2.23. The number of nitrogens with two attached hydrogens (primary N) is 2. The molecule has 0 unspecified atom stereocenters. The van der Waals surface area contributed by atoms with Crippen molar-refractivity contribution < 1.29 is 4.79 Å². The molecule has 0 aliphatic carbocycles. The predicted octanol–water partition coefficient (Wildman–Crippen LogP) is 1.24. The third-order valence-electron chi connectivity index (χ3n) is 1.96. The molecule has 0 fully saturated rings. The zero-order valence-electron chi connectivity index (χ0n) is 7.37. The monoisotopic (exact) mass is 190 g/mol. The first-order valence-corrected chi connectivity index (χ1v) is 4.10. The number of rotatable bonds is 1. The Morgan fingerprint density at radius 1 is 1.43 bits per heavy atom. The van der Waals surface area contributed by atoms with E-state index in [-0.39, 0.29) is 0 Å². The van der Waals surface area contributed by atoms with E-state index in [1.165, 1.54) is 0 Å². The molecule has 2 amide bonds. The van der Waals surface area contributed by atoms with Crippen LogP contribution in [0.5, 0.6) is 0 Å². The van der Waals surface area contributed by atoms with Crippen LogP contribution in [0.15, 0.2) is 24.3 Å². The maximum atomic E-state index is 10.6. The van der Waals surface area contributed by atoms with Crippen molar-refractivity contribution in [3.63, 3.8) is 0 Å². The maximum absolute atomic E-state index is 10.6. The lowest BCUT2D eigenvalue weighted by atomic mass is 10.2. The molecule has 0 saturated carbocycles. The topological polar surface area (TPSA) is 96.9 Å². The molecule has 5 heteroatoms. The minimum atomic E-state index is -0.602. The molecule has 14 heavy (non-hydrogen) atoms. The SMILES string of the molecule is NC(=O)Nc1cc2c(N)cccc2[nH]1. The molecule has 6 N–H and O–H groups in total. The number of primary amides is 1. The summed E-state index contributed by atoms with van der Waals surface area (Å²) in [5.74, 6) is 0.547. The number of fused-ring (bicyclic) bond motifs is 1. The fourth-order valence-corrected chi connectivity index (χ4v) is 1.38. The van der Waals surface area contributed by atoms with Gasteiger partial charge in [-0.25, -0.2) is 4.79 Å². The molecule has 1 heterocycles. The molecule has 0 saturated heterocycles. The fourth-order valence-electron chi connectivity index (χ4n) is 1.38. The number of anilines is 2. The summed E-state index contributed by atoms with van der Waals surface area (Å²) in [5, 5.41) is 3.32. The average molecular weight is 190 g/mol. The lowest BCUT2D eigenvalue weighted by Gasteiger charge is -1.94. The molecule has 0 aliphatic rings. The Labute approximate surface area is 80.1 Å². The second-order valence-electron chi connectivity index (χ2n) is 2.98. The summed E-state index contributed by atoms with van der Waals surface area (Å²) in [4.78, 5) is 13.6. The van der Waals surface area contributed by atoms with Crippen LogP contribution in [0, 0.1) is 0 Å². The van der Waals surface area contributed by atoms with Gasteiger partial charge in [0.15, 0.2) is 0 Å². The number of urea groups is 1. The van der Waals surface area contributed by atoms with Crippen molar-refractivity contribution in [3.8, 4) is 0 Å². The highest BCUT2D eigenvalue weighted by molar-refractivity contribution is 5.97. The van der Waals surface area contributed by atoms with Gasteiger partial charge < -0.3 is 16.5 Å². The second kappa shape index (κ2) is 2.95. The first kappa shape index (κ1) is 8.43. The van der Waals surface area contributed by atoms with E-state index in [0.29, 0.717) is 11.5 Å². The van der Waals surface area contributed by atoms with Crippen LogP contribution in [0.1, 0.15) is 0 Å². The lowest BCUT2D eigenvalue weighted by Crippen LogP contribution is -2.19. The quantitative estimate of drug-likeness (QED) is 0.509. The van der Waals surface area contributed by atoms with Gasteiger partial charge in [-0.1, -0.05) is 6.07 Å². The highest BCUT2D eigenvalue weighted by atomic mass is 16.2. The Balaban J connectivity index is 2.51. The van der Waals surface area contributed by atoms with Crippen molar-refractivity contribution in [2.24, 2.45) is 5.73 Å². The van der Waals surface area contributed by atoms with Crippen molar-refractivity contribution in [1.29, 1.82) is 0 Å². The van der Waals surface area contributed by atoms with Gasteiger partial charge in [-0.05, 0) is 18.2 Å². The van der Waals surface area contributed by atoms with E-state index in [0.717, 1.165) is 10.9 Å². The summed E-state index contributed by atoms with van der Waals surface area (Å²) >= 11 is 0. The molecule has 1 aromatic carbocycles. The van der Waals surface area contributed by atoms with Crippen molar-refractivity contribution >= 4 is 28.4 Å². The Bertz CT molecular complexity index is 489. The molecule has 2 rings (SSSR count). The first-order valence-electron chi connectivity index (χ1n) is 4.10. The standard InChI is InChI=1S/C9H10N4O/c10-6-2-1-3-7-5(6)4-8(12-7)13-9(11)14/h1-4,12H,10H2,(H3,11,13,14). The number of H-pyrrole nitrogens is 1. The lowest BCUT2D eigenvalue weighted by molar-refractivity contribution is 0.259. The number of nitrogens with one attached hydrogen (secondary N) is 2. The van der Waals surface area contributed by atoms with Crippen molar-refractivity contribution in [3.05, 3.63) is 24.3 Å². The molecule has 1 aromatic heterocycles. The third kappa shape index (κ3) is 1.35. The fraction of sp³-hybridized carbons (Fsp3) is 0. The molecular weight excluding hydrogens is 180 g/mol. The largest absolute Gasteiger partial charge is 0.398 e. The van der Waals surface area contributed by atoms with Gasteiger partial charge in [0.05, 0.1) is 0 Å². The second-order valence-corrected chi connectivity index (χ2v) is 2.98. The van der Waals surface area contributed by atoms with Gasteiger partial charge in [-0.3, -0.25) is 5.32 Å². The number of carbonyl (C=O) groups is 1. The van der Waals surface area contributed by atoms with Gasteiger partial charge in [-0.15, -0.1) is 0 Å². The number of aromatic amines is 1. The molecule has 2 aromatic rings. The van der Waals surface area contributed by atoms with E-state index >= 15 is 0 Å². The van der Waals surface area contributed by atoms with Crippen molar-refractivity contribution in [2.75, 3.05) is 11.1 Å². The van der Waals surface area contributed by atoms with Crippen LogP contribution >= 0.6 is 0 Å². The maximum Gasteiger partial charge on any atom is 0.317 e. The Hall–Kier alpha value is -2.17. The smallest absolute Gasteiger partial charge is 0.317 e. The summed E-state index contributed by atoms with van der Waals surface area (Å²) in [6.07, 6.45) is 0. The molecular formula is C9H10N4O. The van der Waals surface area contributed by atoms with Crippen LogP contribution in [0.3, 0.4) is 0 Å². The Morgan fingerprint density at radius 2 is 2.21 bits per heavy atom. The number of hydrogen-bond donors (Lipinski definition) is 4. The summed E-state index contributed by atoms with van der Waals surface area (Å²) in [6, 6.07) is 6.65. The average Bonchev–Trinajstić information content (AvgIpc) is 2.47. The van der Waals surface area contributed by atoms with Crippen LogP contribution in [-0.4, -0.2) is 11.0 Å². The zero-order chi connectivity index (χ0) is 10.1. The first-order chi connectivity index (χ1) is 6.66. The van der Waals surface area contributed by atoms with Gasteiger partial charge in [-0.2, -0.15) is 0 Å². The van der Waals surface area contributed by atoms with Crippen molar-refractivity contribution in [1.82, 2.24) is 4.98 Å². The summed E-state index contributed by atoms with van der Waals surface area (Å²) in [7, 11) is 0. The molecule has 5 nitrogen and oxygen atoms in total. The number of nitrogen functional groups attached to an aromatic ring is 1. The van der Waals surface area contributed by atoms with E-state index in [1.54, 1.807) is 12.1 Å². The predicted molar refractivity (Wildman–Crippen MR) is 55.9 cm³/mol. The minimum absolute atomic E-state index is 0.547. The number of carbonyl (C=O) groups excluding carboxylic acids is 1. The van der Waals surface area contributed by atoms with Crippen LogP contribution in [0.2, 0.25) is 0 Å². The zero-order valence-corrected chi connectivity index (χ0v) is 7.37. The van der Waals surface area contributed by atoms with Gasteiger partial charge in [0, 0.05) is 16.6 Å². The molecule has 0 bridgehead atoms. The number of hydrogen-bond acceptors (Lipinski definition) is 2. The third-order valence-corrected chi connectivity index (χ3v) is 1.96. The number of benzene rings is 1. The van der Waals surface area contributed by atoms with E-state index < -0.39 is 6.03 Å². The molecule has 0 spiro atoms. The van der Waals surface area contributed by atoms with Gasteiger partial charge in [0.2, 0.25) is 0 Å². The van der Waals surface area contributed by atoms with Gasteiger partial charge in [0.1, 0.15) is 5.82 Å². The van der Waals surface area contributed by atoms with E-state index in [4.69, 9.17) is 11.5 Å². The molecule has 0 aliphatic heterocycles. The van der Waals surface area contributed by atoms with Gasteiger partial charge >= 0.3 is 6.03 Å². The molecule has 0 radical (unpaired) electrons. The number of amides is 2. The summed E-state index contributed by atoms with van der Waals surface area (Å²) in [5.41, 5.74) is 12.3. The van der Waals surface area contributed by atoms with E-state index in [2.05, 4.69) is 10.3 Å². The van der Waals surface area contributed by atoms with Crippen LogP contribution in [0.25, 0.3) is 10.9 Å². The number of aromatic nitrogens is 1. The Morgan fingerprint density at radius 3 is 2.86 bits per heavy atom. The van der Waals surface area contributed by atoms with Crippen LogP contribution in [0.4, 0.5) is 16.3 Å². The van der Waals surface area contributed by atoms with Crippen molar-refractivity contribution in [2.45, 2.75) is 0 Å².